The molecular formula is C12H17ClN2OS. The first kappa shape index (κ1) is 12.9. The fraction of sp³-hybridized carbons (Fsp3) is 0.500. The van der Waals surface area contributed by atoms with Gasteiger partial charge in [-0.1, -0.05) is 17.7 Å². The van der Waals surface area contributed by atoms with Crippen molar-refractivity contribution in [3.8, 4) is 0 Å². The van der Waals surface area contributed by atoms with Crippen LogP contribution in [0.2, 0.25) is 5.02 Å². The van der Waals surface area contributed by atoms with Gasteiger partial charge in [0.1, 0.15) is 0 Å². The largest absolute Gasteiger partial charge is 0.384 e. The SMILES string of the molecule is O=S1CCN(CCNc2cccc(Cl)c2)CC1. The maximum Gasteiger partial charge on any atom is 0.0426 e. The van der Waals surface area contributed by atoms with Gasteiger partial charge in [0.25, 0.3) is 0 Å². The highest BCUT2D eigenvalue weighted by atomic mass is 35.5. The van der Waals surface area contributed by atoms with Crippen molar-refractivity contribution >= 4 is 28.1 Å². The van der Waals surface area contributed by atoms with E-state index in [0.717, 1.165) is 48.4 Å². The highest BCUT2D eigenvalue weighted by Gasteiger charge is 2.13. The number of anilines is 1. The monoisotopic (exact) mass is 272 g/mol. The van der Waals surface area contributed by atoms with Crippen molar-refractivity contribution in [1.82, 2.24) is 4.90 Å². The zero-order valence-corrected chi connectivity index (χ0v) is 11.3. The zero-order chi connectivity index (χ0) is 12.1. The van der Waals surface area contributed by atoms with Gasteiger partial charge in [0.2, 0.25) is 0 Å². The molecule has 0 radical (unpaired) electrons. The number of nitrogens with zero attached hydrogens (tertiary/aromatic N) is 1. The first-order valence-corrected chi connectivity index (χ1v) is 7.67. The van der Waals surface area contributed by atoms with Crippen molar-refractivity contribution in [1.29, 1.82) is 0 Å². The average molecular weight is 273 g/mol. The third-order valence-corrected chi connectivity index (χ3v) is 4.36. The Morgan fingerprint density at radius 3 is 2.82 bits per heavy atom. The van der Waals surface area contributed by atoms with E-state index in [1.807, 2.05) is 24.3 Å². The Hall–Kier alpha value is -0.580. The average Bonchev–Trinajstić information content (AvgIpc) is 2.32. The molecule has 0 aliphatic carbocycles. The molecule has 1 aromatic rings. The molecule has 0 saturated carbocycles. The lowest BCUT2D eigenvalue weighted by atomic mass is 10.3. The lowest BCUT2D eigenvalue weighted by Gasteiger charge is -2.26. The summed E-state index contributed by atoms with van der Waals surface area (Å²) in [6, 6.07) is 7.74. The highest BCUT2D eigenvalue weighted by molar-refractivity contribution is 7.85. The number of hydrogen-bond acceptors (Lipinski definition) is 3. The third kappa shape index (κ3) is 4.30. The van der Waals surface area contributed by atoms with Crippen molar-refractivity contribution in [3.05, 3.63) is 29.3 Å². The minimum Gasteiger partial charge on any atom is -0.384 e. The van der Waals surface area contributed by atoms with Gasteiger partial charge in [-0.25, -0.2) is 0 Å². The first-order valence-electron chi connectivity index (χ1n) is 5.81. The van der Waals surface area contributed by atoms with Crippen LogP contribution >= 0.6 is 11.6 Å². The molecule has 5 heteroatoms. The fourth-order valence-electron chi connectivity index (χ4n) is 1.86. The molecule has 0 atom stereocenters. The lowest BCUT2D eigenvalue weighted by molar-refractivity contribution is 0.311. The Kier molecular flexibility index (Phi) is 4.83. The molecule has 1 fully saturated rings. The standard InChI is InChI=1S/C12H17ClN2OS/c13-11-2-1-3-12(10-11)14-4-5-15-6-8-17(16)9-7-15/h1-3,10,14H,4-9H2. The van der Waals surface area contributed by atoms with Crippen LogP contribution in [0.4, 0.5) is 5.69 Å². The first-order chi connectivity index (χ1) is 8.24. The van der Waals surface area contributed by atoms with Crippen LogP contribution in [0.15, 0.2) is 24.3 Å². The van der Waals surface area contributed by atoms with E-state index in [1.54, 1.807) is 0 Å². The number of halogens is 1. The number of benzene rings is 1. The van der Waals surface area contributed by atoms with Crippen LogP contribution in [0.5, 0.6) is 0 Å². The summed E-state index contributed by atoms with van der Waals surface area (Å²) in [6.45, 7) is 3.78. The van der Waals surface area contributed by atoms with E-state index in [-0.39, 0.29) is 0 Å². The Bertz CT molecular complexity index is 390. The molecule has 3 nitrogen and oxygen atoms in total. The van der Waals surface area contributed by atoms with Crippen molar-refractivity contribution in [2.45, 2.75) is 0 Å². The van der Waals surface area contributed by atoms with Crippen LogP contribution in [0.25, 0.3) is 0 Å². The predicted molar refractivity (Wildman–Crippen MR) is 74.3 cm³/mol. The molecule has 0 aromatic heterocycles. The summed E-state index contributed by atoms with van der Waals surface area (Å²) in [7, 11) is -0.585. The molecule has 1 N–H and O–H groups in total. The Balaban J connectivity index is 1.71. The molecule has 1 heterocycles. The van der Waals surface area contributed by atoms with Crippen molar-refractivity contribution < 1.29 is 4.21 Å². The van der Waals surface area contributed by atoms with E-state index in [0.29, 0.717) is 0 Å². The van der Waals surface area contributed by atoms with E-state index >= 15 is 0 Å². The predicted octanol–water partition coefficient (Wildman–Crippen LogP) is 1.82. The molecule has 94 valence electrons. The van der Waals surface area contributed by atoms with Gasteiger partial charge in [-0.15, -0.1) is 0 Å². The summed E-state index contributed by atoms with van der Waals surface area (Å²) in [4.78, 5) is 2.35. The maximum atomic E-state index is 11.2. The van der Waals surface area contributed by atoms with Gasteiger partial charge in [0.15, 0.2) is 0 Å². The summed E-state index contributed by atoms with van der Waals surface area (Å²) in [5, 5.41) is 4.10. The smallest absolute Gasteiger partial charge is 0.0426 e. The molecule has 1 saturated heterocycles. The van der Waals surface area contributed by atoms with Gasteiger partial charge in [0, 0.05) is 59.2 Å². The number of hydrogen-bond donors (Lipinski definition) is 1. The van der Waals surface area contributed by atoms with Gasteiger partial charge in [-0.3, -0.25) is 9.11 Å². The fourth-order valence-corrected chi connectivity index (χ4v) is 3.17. The topological polar surface area (TPSA) is 32.3 Å². The quantitative estimate of drug-likeness (QED) is 0.907. The van der Waals surface area contributed by atoms with Crippen LogP contribution in [-0.4, -0.2) is 46.8 Å². The molecule has 0 bridgehead atoms. The molecule has 1 aromatic carbocycles. The summed E-state index contributed by atoms with van der Waals surface area (Å²) in [6.07, 6.45) is 0. The minimum absolute atomic E-state index is 0.585. The Morgan fingerprint density at radius 1 is 1.35 bits per heavy atom. The molecule has 17 heavy (non-hydrogen) atoms. The second kappa shape index (κ2) is 6.38. The third-order valence-electron chi connectivity index (χ3n) is 2.85. The van der Waals surface area contributed by atoms with Gasteiger partial charge in [0.05, 0.1) is 0 Å². The van der Waals surface area contributed by atoms with E-state index in [9.17, 15) is 4.21 Å². The van der Waals surface area contributed by atoms with E-state index in [1.165, 1.54) is 0 Å². The normalized spacial score (nSPS) is 18.2. The summed E-state index contributed by atoms with van der Waals surface area (Å²) in [5.74, 6) is 1.63. The zero-order valence-electron chi connectivity index (χ0n) is 9.69. The highest BCUT2D eigenvalue weighted by Crippen LogP contribution is 2.14. The van der Waals surface area contributed by atoms with E-state index < -0.39 is 10.8 Å². The summed E-state index contributed by atoms with van der Waals surface area (Å²) in [5.41, 5.74) is 1.05. The van der Waals surface area contributed by atoms with Gasteiger partial charge >= 0.3 is 0 Å². The van der Waals surface area contributed by atoms with Gasteiger partial charge in [-0.05, 0) is 18.2 Å². The maximum absolute atomic E-state index is 11.2. The second-order valence-corrected chi connectivity index (χ2v) is 6.26. The minimum atomic E-state index is -0.585. The number of rotatable bonds is 4. The van der Waals surface area contributed by atoms with Gasteiger partial charge in [-0.2, -0.15) is 0 Å². The molecule has 0 unspecified atom stereocenters. The second-order valence-electron chi connectivity index (χ2n) is 4.13. The van der Waals surface area contributed by atoms with Crippen LogP contribution in [0.3, 0.4) is 0 Å². The van der Waals surface area contributed by atoms with Crippen LogP contribution in [0.1, 0.15) is 0 Å². The Morgan fingerprint density at radius 2 is 2.12 bits per heavy atom. The molecular weight excluding hydrogens is 256 g/mol. The van der Waals surface area contributed by atoms with E-state index in [4.69, 9.17) is 11.6 Å². The Labute approximate surface area is 110 Å². The van der Waals surface area contributed by atoms with Crippen molar-refractivity contribution in [2.24, 2.45) is 0 Å². The van der Waals surface area contributed by atoms with E-state index in [2.05, 4.69) is 10.2 Å². The van der Waals surface area contributed by atoms with Crippen LogP contribution in [-0.2, 0) is 10.8 Å². The summed E-state index contributed by atoms with van der Waals surface area (Å²) < 4.78 is 11.2. The number of nitrogens with one attached hydrogen (secondary N) is 1. The molecule has 0 spiro atoms. The molecule has 2 rings (SSSR count). The van der Waals surface area contributed by atoms with Crippen LogP contribution in [0, 0.1) is 0 Å². The van der Waals surface area contributed by atoms with Crippen LogP contribution < -0.4 is 5.32 Å². The summed E-state index contributed by atoms with van der Waals surface area (Å²) >= 11 is 5.90. The molecule has 0 amide bonds. The molecule has 1 aliphatic heterocycles. The van der Waals surface area contributed by atoms with Crippen molar-refractivity contribution in [3.63, 3.8) is 0 Å². The van der Waals surface area contributed by atoms with Gasteiger partial charge < -0.3 is 5.32 Å². The lowest BCUT2D eigenvalue weighted by Crippen LogP contribution is -2.40. The van der Waals surface area contributed by atoms with Crippen molar-refractivity contribution in [2.75, 3.05) is 43.0 Å². The molecule has 1 aliphatic rings.